The smallest absolute Gasteiger partial charge is 0.262 e. The minimum atomic E-state index is -2.94. The van der Waals surface area contributed by atoms with Crippen LogP contribution >= 0.6 is 11.6 Å². The topological polar surface area (TPSA) is 70.9 Å². The highest BCUT2D eigenvalue weighted by atomic mass is 35.5. The van der Waals surface area contributed by atoms with Gasteiger partial charge in [-0.15, -0.1) is 0 Å². The Hall–Kier alpha value is -3.49. The molecule has 0 aliphatic rings. The Labute approximate surface area is 211 Å². The lowest BCUT2D eigenvalue weighted by Gasteiger charge is -2.23. The molecule has 0 amide bonds. The maximum atomic E-state index is 14.6. The van der Waals surface area contributed by atoms with Crippen LogP contribution in [0.15, 0.2) is 55.4 Å². The first-order chi connectivity index (χ1) is 17.0. The van der Waals surface area contributed by atoms with E-state index in [2.05, 4.69) is 26.8 Å². The van der Waals surface area contributed by atoms with E-state index in [4.69, 9.17) is 11.6 Å². The molecule has 1 atom stereocenters. The molecule has 5 nitrogen and oxygen atoms in total. The number of hydrogen-bond acceptors (Lipinski definition) is 5. The number of anilines is 1. The van der Waals surface area contributed by atoms with E-state index in [0.717, 1.165) is 6.07 Å². The van der Waals surface area contributed by atoms with Crippen molar-refractivity contribution in [1.29, 1.82) is 0 Å². The van der Waals surface area contributed by atoms with Gasteiger partial charge < -0.3 is 10.4 Å². The van der Waals surface area contributed by atoms with E-state index in [0.29, 0.717) is 33.3 Å². The molecule has 36 heavy (non-hydrogen) atoms. The Balaban J connectivity index is 1.84. The molecule has 9 heteroatoms. The first-order valence-corrected chi connectivity index (χ1v) is 11.5. The molecular weight excluding hydrogens is 489 g/mol. The molecular formula is C27H24ClF3N4O. The molecule has 1 unspecified atom stereocenters. The average Bonchev–Trinajstić information content (AvgIpc) is 2.84. The van der Waals surface area contributed by atoms with Crippen molar-refractivity contribution in [3.63, 3.8) is 0 Å². The van der Waals surface area contributed by atoms with Crippen LogP contribution in [0.1, 0.15) is 42.5 Å². The van der Waals surface area contributed by atoms with Gasteiger partial charge in [0.1, 0.15) is 17.5 Å². The Morgan fingerprint density at radius 2 is 1.78 bits per heavy atom. The van der Waals surface area contributed by atoms with E-state index in [1.807, 2.05) is 0 Å². The number of fused-ring (bicyclic) bond motifs is 1. The maximum absolute atomic E-state index is 14.6. The van der Waals surface area contributed by atoms with Gasteiger partial charge in [0.2, 0.25) is 0 Å². The van der Waals surface area contributed by atoms with Crippen LogP contribution in [0.2, 0.25) is 5.02 Å². The summed E-state index contributed by atoms with van der Waals surface area (Å²) in [6.07, 6.45) is 1.65. The van der Waals surface area contributed by atoms with Crippen molar-refractivity contribution in [3.8, 4) is 11.1 Å². The van der Waals surface area contributed by atoms with E-state index in [1.165, 1.54) is 18.2 Å². The summed E-state index contributed by atoms with van der Waals surface area (Å²) < 4.78 is 43.1. The third-order valence-electron chi connectivity index (χ3n) is 5.77. The summed E-state index contributed by atoms with van der Waals surface area (Å²) in [7, 11) is 0. The van der Waals surface area contributed by atoms with E-state index in [9.17, 15) is 18.3 Å². The van der Waals surface area contributed by atoms with E-state index in [1.54, 1.807) is 51.4 Å². The van der Waals surface area contributed by atoms with Crippen molar-refractivity contribution in [2.24, 2.45) is 0 Å². The zero-order valence-electron chi connectivity index (χ0n) is 19.9. The van der Waals surface area contributed by atoms with Crippen LogP contribution in [-0.4, -0.2) is 26.5 Å². The van der Waals surface area contributed by atoms with Crippen molar-refractivity contribution in [1.82, 2.24) is 15.0 Å². The zero-order valence-corrected chi connectivity index (χ0v) is 20.6. The number of aromatic nitrogens is 3. The lowest BCUT2D eigenvalue weighted by atomic mass is 10.0. The highest BCUT2D eigenvalue weighted by Crippen LogP contribution is 2.39. The number of hydrogen-bond donors (Lipinski definition) is 2. The first-order valence-electron chi connectivity index (χ1n) is 11.1. The number of nitrogens with one attached hydrogen (secondary N) is 1. The second-order valence-corrected chi connectivity index (χ2v) is 9.29. The van der Waals surface area contributed by atoms with Crippen LogP contribution in [0.5, 0.6) is 0 Å². The van der Waals surface area contributed by atoms with Gasteiger partial charge in [0.15, 0.2) is 5.82 Å². The summed E-state index contributed by atoms with van der Waals surface area (Å²) in [6, 6.07) is 7.53. The number of alkyl halides is 2. The summed E-state index contributed by atoms with van der Waals surface area (Å²) in [6.45, 7) is 8.46. The molecule has 2 aromatic carbocycles. The van der Waals surface area contributed by atoms with Crippen LogP contribution in [0.4, 0.5) is 18.9 Å². The standard InChI is InChI=1S/C27H24ClF3N4O/c1-5-15-6-8-20(29)18(10-15)24(25(30)31)35-23-19-11-16(7-9-21(19)34-14(2)22(23)28)17-12-32-26(33-13-17)27(3,4)36/h5-13,24-25,36H,1H2,2-4H3,(H,34,35). The fourth-order valence-electron chi connectivity index (χ4n) is 3.84. The van der Waals surface area contributed by atoms with Gasteiger partial charge in [-0.1, -0.05) is 36.4 Å². The molecule has 186 valence electrons. The van der Waals surface area contributed by atoms with Gasteiger partial charge in [-0.2, -0.15) is 0 Å². The van der Waals surface area contributed by atoms with Crippen LogP contribution in [-0.2, 0) is 5.60 Å². The third-order valence-corrected chi connectivity index (χ3v) is 6.23. The van der Waals surface area contributed by atoms with Crippen LogP contribution in [0, 0.1) is 12.7 Å². The molecule has 2 aromatic heterocycles. The molecule has 0 fully saturated rings. The third kappa shape index (κ3) is 5.05. The predicted molar refractivity (Wildman–Crippen MR) is 137 cm³/mol. The van der Waals surface area contributed by atoms with Crippen LogP contribution in [0.3, 0.4) is 0 Å². The SMILES string of the molecule is C=Cc1ccc(F)c(C(Nc2c(Cl)c(C)nc3ccc(-c4cnc(C(C)(C)O)nc4)cc23)C(F)F)c1. The van der Waals surface area contributed by atoms with Gasteiger partial charge in [-0.25, -0.2) is 23.1 Å². The highest BCUT2D eigenvalue weighted by molar-refractivity contribution is 6.35. The number of aliphatic hydroxyl groups is 1. The molecule has 4 rings (SSSR count). The number of halogens is 4. The normalized spacial score (nSPS) is 12.7. The number of nitrogens with zero attached hydrogens (tertiary/aromatic N) is 3. The van der Waals surface area contributed by atoms with Crippen molar-refractivity contribution >= 4 is 34.3 Å². The molecule has 0 bridgehead atoms. The summed E-state index contributed by atoms with van der Waals surface area (Å²) >= 11 is 6.54. The maximum Gasteiger partial charge on any atom is 0.262 e. The molecule has 0 aliphatic heterocycles. The first kappa shape index (κ1) is 25.6. The van der Waals surface area contributed by atoms with Crippen LogP contribution < -0.4 is 5.32 Å². The van der Waals surface area contributed by atoms with Gasteiger partial charge >= 0.3 is 0 Å². The molecule has 0 radical (unpaired) electrons. The molecule has 2 heterocycles. The Bertz CT molecular complexity index is 1440. The fourth-order valence-corrected chi connectivity index (χ4v) is 4.03. The Morgan fingerprint density at radius 3 is 2.39 bits per heavy atom. The van der Waals surface area contributed by atoms with Crippen molar-refractivity contribution in [2.45, 2.75) is 38.8 Å². The summed E-state index contributed by atoms with van der Waals surface area (Å²) in [4.78, 5) is 12.9. The van der Waals surface area contributed by atoms with Crippen LogP contribution in [0.25, 0.3) is 28.1 Å². The largest absolute Gasteiger partial charge is 0.382 e. The second-order valence-electron chi connectivity index (χ2n) is 8.91. The zero-order chi connectivity index (χ0) is 26.2. The molecule has 0 spiro atoms. The molecule has 0 saturated heterocycles. The number of benzene rings is 2. The van der Waals surface area contributed by atoms with Gasteiger partial charge in [0, 0.05) is 28.9 Å². The number of aryl methyl sites for hydroxylation is 1. The molecule has 0 aliphatic carbocycles. The molecule has 4 aromatic rings. The predicted octanol–water partition coefficient (Wildman–Crippen LogP) is 7.08. The highest BCUT2D eigenvalue weighted by Gasteiger charge is 2.28. The summed E-state index contributed by atoms with van der Waals surface area (Å²) in [5.41, 5.74) is 1.60. The summed E-state index contributed by atoms with van der Waals surface area (Å²) in [5.74, 6) is -0.507. The fraction of sp³-hybridized carbons (Fsp3) is 0.222. The van der Waals surface area contributed by atoms with Crippen molar-refractivity contribution in [3.05, 3.63) is 88.9 Å². The number of rotatable bonds is 7. The van der Waals surface area contributed by atoms with Gasteiger partial charge in [0.25, 0.3) is 6.43 Å². The van der Waals surface area contributed by atoms with Crippen molar-refractivity contribution < 1.29 is 18.3 Å². The van der Waals surface area contributed by atoms with Gasteiger partial charge in [-0.05, 0) is 56.2 Å². The minimum Gasteiger partial charge on any atom is -0.382 e. The van der Waals surface area contributed by atoms with E-state index in [-0.39, 0.29) is 22.1 Å². The number of pyridine rings is 1. The van der Waals surface area contributed by atoms with E-state index >= 15 is 0 Å². The monoisotopic (exact) mass is 512 g/mol. The summed E-state index contributed by atoms with van der Waals surface area (Å²) in [5, 5.41) is 13.5. The minimum absolute atomic E-state index is 0.152. The van der Waals surface area contributed by atoms with Gasteiger partial charge in [-0.3, -0.25) is 4.98 Å². The Morgan fingerprint density at radius 1 is 1.08 bits per heavy atom. The average molecular weight is 513 g/mol. The lowest BCUT2D eigenvalue weighted by molar-refractivity contribution is 0.0687. The lowest BCUT2D eigenvalue weighted by Crippen LogP contribution is -2.21. The van der Waals surface area contributed by atoms with Gasteiger partial charge in [0.05, 0.1) is 21.9 Å². The molecule has 0 saturated carbocycles. The quantitative estimate of drug-likeness (QED) is 0.277. The van der Waals surface area contributed by atoms with E-state index < -0.39 is 23.9 Å². The molecule has 2 N–H and O–H groups in total. The van der Waals surface area contributed by atoms with Crippen molar-refractivity contribution in [2.75, 3.05) is 5.32 Å². The Kier molecular flexibility index (Phi) is 7.02. The second kappa shape index (κ2) is 9.87.